The molecule has 0 aromatic heterocycles. The van der Waals surface area contributed by atoms with Crippen molar-refractivity contribution in [2.45, 2.75) is 101 Å². The summed E-state index contributed by atoms with van der Waals surface area (Å²) in [6.07, 6.45) is 12.2. The van der Waals surface area contributed by atoms with Crippen LogP contribution in [0, 0.1) is 11.8 Å². The first-order valence-corrected chi connectivity index (χ1v) is 10.1. The highest BCUT2D eigenvalue weighted by Gasteiger charge is 2.56. The van der Waals surface area contributed by atoms with Gasteiger partial charge in [-0.3, -0.25) is 0 Å². The highest BCUT2D eigenvalue weighted by atomic mass is 16.8. The molecule has 5 nitrogen and oxygen atoms in total. The van der Waals surface area contributed by atoms with E-state index in [1.165, 1.54) is 64.2 Å². The van der Waals surface area contributed by atoms with Gasteiger partial charge in [0.2, 0.25) is 0 Å². The molecule has 0 N–H and O–H groups in total. The molecule has 2 saturated carbocycles. The van der Waals surface area contributed by atoms with Crippen molar-refractivity contribution in [2.75, 3.05) is 6.61 Å². The van der Waals surface area contributed by atoms with Crippen LogP contribution >= 0.6 is 0 Å². The summed E-state index contributed by atoms with van der Waals surface area (Å²) in [7, 11) is 0. The lowest BCUT2D eigenvalue weighted by molar-refractivity contribution is -0.288. The number of ether oxygens (including phenoxy) is 5. The van der Waals surface area contributed by atoms with Gasteiger partial charge in [0.1, 0.15) is 18.3 Å². The molecular formula is C19H30O5. The first-order valence-electron chi connectivity index (χ1n) is 10.1. The molecule has 0 aromatic rings. The zero-order valence-electron chi connectivity index (χ0n) is 14.4. The summed E-state index contributed by atoms with van der Waals surface area (Å²) in [6.45, 7) is 0.611. The van der Waals surface area contributed by atoms with Gasteiger partial charge in [-0.05, 0) is 25.7 Å². The Morgan fingerprint density at radius 1 is 0.500 bits per heavy atom. The van der Waals surface area contributed by atoms with E-state index in [0.717, 1.165) is 0 Å². The smallest absolute Gasteiger partial charge is 0.190 e. The Balaban J connectivity index is 1.22. The maximum atomic E-state index is 6.35. The molecule has 3 heterocycles. The van der Waals surface area contributed by atoms with E-state index < -0.39 is 0 Å². The highest BCUT2D eigenvalue weighted by Crippen LogP contribution is 2.43. The van der Waals surface area contributed by atoms with E-state index in [9.17, 15) is 0 Å². The van der Waals surface area contributed by atoms with Crippen LogP contribution in [0.1, 0.15) is 64.2 Å². The van der Waals surface area contributed by atoms with Crippen LogP contribution in [-0.4, -0.2) is 43.8 Å². The Morgan fingerprint density at radius 2 is 1.12 bits per heavy atom. The van der Waals surface area contributed by atoms with Gasteiger partial charge in [0.15, 0.2) is 18.9 Å². The van der Waals surface area contributed by atoms with Crippen molar-refractivity contribution >= 4 is 0 Å². The lowest BCUT2D eigenvalue weighted by Crippen LogP contribution is -2.49. The zero-order valence-corrected chi connectivity index (χ0v) is 14.4. The van der Waals surface area contributed by atoms with Crippen LogP contribution in [0.25, 0.3) is 0 Å². The molecule has 5 aliphatic rings. The molecule has 3 saturated heterocycles. The number of hydrogen-bond donors (Lipinski definition) is 0. The second kappa shape index (κ2) is 6.84. The number of fused-ring (bicyclic) bond motifs is 3. The van der Waals surface area contributed by atoms with E-state index in [1.807, 2.05) is 0 Å². The van der Waals surface area contributed by atoms with E-state index in [1.54, 1.807) is 0 Å². The molecule has 6 atom stereocenters. The van der Waals surface area contributed by atoms with Crippen LogP contribution < -0.4 is 0 Å². The van der Waals surface area contributed by atoms with Crippen LogP contribution in [0.5, 0.6) is 0 Å². The van der Waals surface area contributed by atoms with Gasteiger partial charge in [0.05, 0.1) is 6.61 Å². The second-order valence-electron chi connectivity index (χ2n) is 8.25. The van der Waals surface area contributed by atoms with Crippen LogP contribution in [0.4, 0.5) is 0 Å². The molecule has 3 aliphatic heterocycles. The molecule has 0 radical (unpaired) electrons. The Hall–Kier alpha value is -0.200. The van der Waals surface area contributed by atoms with Gasteiger partial charge in [-0.2, -0.15) is 0 Å². The maximum absolute atomic E-state index is 6.35. The molecule has 5 heteroatoms. The van der Waals surface area contributed by atoms with Gasteiger partial charge >= 0.3 is 0 Å². The van der Waals surface area contributed by atoms with E-state index >= 15 is 0 Å². The SMILES string of the molecule is C1CCC(C2OC[C@H]3O[C@@H]4OC(C5CCCCC5)O[C@@H]4[C@H]3O2)CC1. The summed E-state index contributed by atoms with van der Waals surface area (Å²) in [5.41, 5.74) is 0. The summed E-state index contributed by atoms with van der Waals surface area (Å²) in [4.78, 5) is 0. The molecule has 0 bridgehead atoms. The molecule has 5 rings (SSSR count). The molecule has 2 aliphatic carbocycles. The average molecular weight is 338 g/mol. The largest absolute Gasteiger partial charge is 0.350 e. The summed E-state index contributed by atoms with van der Waals surface area (Å²) >= 11 is 0. The lowest BCUT2D eigenvalue weighted by Gasteiger charge is -2.38. The van der Waals surface area contributed by atoms with Crippen molar-refractivity contribution in [3.05, 3.63) is 0 Å². The van der Waals surface area contributed by atoms with Crippen LogP contribution in [0.2, 0.25) is 0 Å². The van der Waals surface area contributed by atoms with Crippen LogP contribution in [-0.2, 0) is 23.7 Å². The normalized spacial score (nSPS) is 47.5. The van der Waals surface area contributed by atoms with Gasteiger partial charge in [0, 0.05) is 11.8 Å². The minimum absolute atomic E-state index is 0.0238. The third-order valence-electron chi connectivity index (χ3n) is 6.61. The monoisotopic (exact) mass is 338 g/mol. The Morgan fingerprint density at radius 3 is 1.83 bits per heavy atom. The fourth-order valence-electron chi connectivity index (χ4n) is 5.23. The van der Waals surface area contributed by atoms with Crippen molar-refractivity contribution in [3.8, 4) is 0 Å². The Labute approximate surface area is 144 Å². The van der Waals surface area contributed by atoms with E-state index in [2.05, 4.69) is 0 Å². The molecule has 24 heavy (non-hydrogen) atoms. The van der Waals surface area contributed by atoms with E-state index in [-0.39, 0.29) is 37.2 Å². The predicted octanol–water partition coefficient (Wildman–Crippen LogP) is 3.35. The van der Waals surface area contributed by atoms with Gasteiger partial charge in [0.25, 0.3) is 0 Å². The van der Waals surface area contributed by atoms with Crippen molar-refractivity contribution in [3.63, 3.8) is 0 Å². The van der Waals surface area contributed by atoms with E-state index in [0.29, 0.717) is 18.4 Å². The molecule has 136 valence electrons. The summed E-state index contributed by atoms with van der Waals surface area (Å²) in [5, 5.41) is 0. The maximum Gasteiger partial charge on any atom is 0.190 e. The third-order valence-corrected chi connectivity index (χ3v) is 6.61. The number of hydrogen-bond acceptors (Lipinski definition) is 5. The van der Waals surface area contributed by atoms with Crippen molar-refractivity contribution in [1.82, 2.24) is 0 Å². The van der Waals surface area contributed by atoms with Crippen LogP contribution in [0.15, 0.2) is 0 Å². The minimum Gasteiger partial charge on any atom is -0.350 e. The average Bonchev–Trinajstić information content (AvgIpc) is 3.21. The topological polar surface area (TPSA) is 46.2 Å². The van der Waals surface area contributed by atoms with E-state index in [4.69, 9.17) is 23.7 Å². The molecule has 0 amide bonds. The Kier molecular flexibility index (Phi) is 4.56. The van der Waals surface area contributed by atoms with Gasteiger partial charge in [-0.25, -0.2) is 0 Å². The predicted molar refractivity (Wildman–Crippen MR) is 86.2 cm³/mol. The standard InChI is InChI=1S/C19H30O5/c1-3-7-12(8-4-1)17-20-11-14-15(22-17)16-19(21-14)24-18(23-16)13-9-5-2-6-10-13/h12-19H,1-11H2/t14-,15+,16-,17?,18?,19-/m1/s1. The highest BCUT2D eigenvalue weighted by molar-refractivity contribution is 4.95. The quantitative estimate of drug-likeness (QED) is 0.773. The zero-order chi connectivity index (χ0) is 15.9. The first kappa shape index (κ1) is 16.0. The molecule has 5 fully saturated rings. The first-order chi connectivity index (χ1) is 11.9. The molecule has 2 unspecified atom stereocenters. The molecule has 0 aromatic carbocycles. The molecule has 0 spiro atoms. The van der Waals surface area contributed by atoms with Crippen molar-refractivity contribution in [1.29, 1.82) is 0 Å². The second-order valence-corrected chi connectivity index (χ2v) is 8.25. The van der Waals surface area contributed by atoms with Crippen LogP contribution in [0.3, 0.4) is 0 Å². The fourth-order valence-corrected chi connectivity index (χ4v) is 5.23. The molecular weight excluding hydrogens is 308 g/mol. The van der Waals surface area contributed by atoms with Gasteiger partial charge < -0.3 is 23.7 Å². The fraction of sp³-hybridized carbons (Fsp3) is 1.00. The third kappa shape index (κ3) is 2.92. The lowest BCUT2D eigenvalue weighted by atomic mass is 9.88. The van der Waals surface area contributed by atoms with Gasteiger partial charge in [-0.15, -0.1) is 0 Å². The van der Waals surface area contributed by atoms with Gasteiger partial charge in [-0.1, -0.05) is 38.5 Å². The summed E-state index contributed by atoms with van der Waals surface area (Å²) < 4.78 is 30.8. The Bertz CT molecular complexity index is 431. The number of rotatable bonds is 2. The summed E-state index contributed by atoms with van der Waals surface area (Å²) in [5.74, 6) is 1.07. The van der Waals surface area contributed by atoms with Crippen molar-refractivity contribution < 1.29 is 23.7 Å². The summed E-state index contributed by atoms with van der Waals surface area (Å²) in [6, 6.07) is 0. The minimum atomic E-state index is -0.263. The van der Waals surface area contributed by atoms with Crippen molar-refractivity contribution in [2.24, 2.45) is 11.8 Å².